The first-order chi connectivity index (χ1) is 15.2. The van der Waals surface area contributed by atoms with E-state index in [4.69, 9.17) is 9.47 Å². The molecule has 0 aliphatic heterocycles. The van der Waals surface area contributed by atoms with Crippen LogP contribution in [0.15, 0.2) is 29.2 Å². The summed E-state index contributed by atoms with van der Waals surface area (Å²) < 4.78 is 37.4. The molecule has 0 saturated carbocycles. The zero-order chi connectivity index (χ0) is 25.2. The number of carbonyl (C=O) groups is 3. The maximum atomic E-state index is 12.7. The Kier molecular flexibility index (Phi) is 10.2. The van der Waals surface area contributed by atoms with E-state index < -0.39 is 61.7 Å². The molecule has 0 saturated heterocycles. The molecule has 0 fully saturated rings. The van der Waals surface area contributed by atoms with Gasteiger partial charge in [-0.3, -0.25) is 19.7 Å². The fourth-order valence-corrected chi connectivity index (χ4v) is 3.77. The Morgan fingerprint density at radius 3 is 2.39 bits per heavy atom. The Bertz CT molecular complexity index is 974. The first kappa shape index (κ1) is 27.8. The molecule has 13 nitrogen and oxygen atoms in total. The van der Waals surface area contributed by atoms with Crippen LogP contribution in [-0.2, 0) is 29.1 Å². The van der Waals surface area contributed by atoms with Crippen LogP contribution >= 0.6 is 0 Å². The highest BCUT2D eigenvalue weighted by Gasteiger charge is 2.29. The number of amides is 2. The van der Waals surface area contributed by atoms with Gasteiger partial charge < -0.3 is 20.1 Å². The Hall–Kier alpha value is -3.26. The molecule has 0 heterocycles. The van der Waals surface area contributed by atoms with Gasteiger partial charge in [0, 0.05) is 19.0 Å². The van der Waals surface area contributed by atoms with Crippen LogP contribution in [0.25, 0.3) is 0 Å². The summed E-state index contributed by atoms with van der Waals surface area (Å²) in [7, 11) is -4.50. The average molecular weight is 489 g/mol. The number of nitrogens with one attached hydrogen (secondary N) is 3. The van der Waals surface area contributed by atoms with Crippen LogP contribution in [-0.4, -0.2) is 56.2 Å². The van der Waals surface area contributed by atoms with Crippen LogP contribution in [0.1, 0.15) is 40.5 Å². The number of rotatable bonds is 11. The summed E-state index contributed by atoms with van der Waals surface area (Å²) in [5, 5.41) is 15.9. The molecule has 1 atom stereocenters. The number of alkyl carbamates (subject to hydrolysis) is 1. The molecule has 1 aromatic rings. The number of hydrogen-bond acceptors (Lipinski definition) is 9. The van der Waals surface area contributed by atoms with E-state index in [-0.39, 0.29) is 19.6 Å². The number of nitro benzene ring substituents is 1. The van der Waals surface area contributed by atoms with Crippen molar-refractivity contribution in [1.82, 2.24) is 15.4 Å². The topological polar surface area (TPSA) is 183 Å². The highest BCUT2D eigenvalue weighted by molar-refractivity contribution is 7.89. The molecule has 0 spiro atoms. The quantitative estimate of drug-likeness (QED) is 0.178. The third-order valence-corrected chi connectivity index (χ3v) is 5.20. The van der Waals surface area contributed by atoms with Crippen LogP contribution < -0.4 is 15.4 Å². The highest BCUT2D eigenvalue weighted by Crippen LogP contribution is 2.23. The van der Waals surface area contributed by atoms with E-state index >= 15 is 0 Å². The molecule has 0 aliphatic rings. The van der Waals surface area contributed by atoms with E-state index in [1.165, 1.54) is 12.1 Å². The van der Waals surface area contributed by atoms with Crippen molar-refractivity contribution in [2.45, 2.75) is 57.2 Å². The van der Waals surface area contributed by atoms with E-state index in [0.717, 1.165) is 12.1 Å². The number of nitrogens with zero attached hydrogens (tertiary/aromatic N) is 1. The lowest BCUT2D eigenvalue weighted by atomic mass is 10.2. The van der Waals surface area contributed by atoms with Gasteiger partial charge in [0.05, 0.1) is 18.0 Å². The third-order valence-electron chi connectivity index (χ3n) is 3.68. The number of benzene rings is 1. The highest BCUT2D eigenvalue weighted by atomic mass is 32.2. The van der Waals surface area contributed by atoms with Gasteiger partial charge in [-0.2, -0.15) is 4.72 Å². The van der Waals surface area contributed by atoms with Gasteiger partial charge in [-0.25, -0.2) is 13.2 Å². The van der Waals surface area contributed by atoms with Gasteiger partial charge in [-0.1, -0.05) is 12.1 Å². The Morgan fingerprint density at radius 1 is 1.18 bits per heavy atom. The van der Waals surface area contributed by atoms with Gasteiger partial charge in [-0.05, 0) is 33.8 Å². The van der Waals surface area contributed by atoms with Crippen molar-refractivity contribution in [1.29, 1.82) is 0 Å². The molecular weight excluding hydrogens is 460 g/mol. The van der Waals surface area contributed by atoms with Crippen molar-refractivity contribution in [3.63, 3.8) is 0 Å². The van der Waals surface area contributed by atoms with Crippen LogP contribution in [0.5, 0.6) is 0 Å². The van der Waals surface area contributed by atoms with Gasteiger partial charge in [0.1, 0.15) is 11.8 Å². The van der Waals surface area contributed by atoms with Crippen molar-refractivity contribution >= 4 is 33.7 Å². The molecule has 14 heteroatoms. The first-order valence-electron chi connectivity index (χ1n) is 9.92. The van der Waals surface area contributed by atoms with Gasteiger partial charge >= 0.3 is 12.1 Å². The second-order valence-corrected chi connectivity index (χ2v) is 9.34. The lowest BCUT2D eigenvalue weighted by Crippen LogP contribution is -2.49. The number of ether oxygens (including phenoxy) is 2. The van der Waals surface area contributed by atoms with E-state index in [0.29, 0.717) is 0 Å². The maximum absolute atomic E-state index is 12.7. The lowest BCUT2D eigenvalue weighted by molar-refractivity contribution is -0.387. The molecular formula is C19H28N4O9S. The predicted molar refractivity (Wildman–Crippen MR) is 115 cm³/mol. The molecule has 0 aromatic heterocycles. The van der Waals surface area contributed by atoms with Crippen LogP contribution in [0.3, 0.4) is 0 Å². The number of para-hydroxylation sites is 1. The monoisotopic (exact) mass is 488 g/mol. The van der Waals surface area contributed by atoms with E-state index in [1.54, 1.807) is 27.7 Å². The molecule has 2 amide bonds. The predicted octanol–water partition coefficient (Wildman–Crippen LogP) is 1.18. The van der Waals surface area contributed by atoms with Crippen molar-refractivity contribution in [3.8, 4) is 0 Å². The maximum Gasteiger partial charge on any atom is 0.407 e. The van der Waals surface area contributed by atoms with Crippen molar-refractivity contribution in [2.24, 2.45) is 0 Å². The fraction of sp³-hybridized carbons (Fsp3) is 0.526. The summed E-state index contributed by atoms with van der Waals surface area (Å²) >= 11 is 0. The molecule has 0 bridgehead atoms. The minimum absolute atomic E-state index is 0.0240. The standard InChI is InChI=1S/C19H28N4O9S/c1-5-31-17(25)12-15(21-16(24)10-11-20-18(26)32-19(2,3)4)22-33(29,30)14-9-7-6-8-13(14)23(27)28/h6-9,15,22H,5,10-12H2,1-4H3,(H,20,26)(H,21,24). The molecule has 184 valence electrons. The third kappa shape index (κ3) is 10.3. The van der Waals surface area contributed by atoms with Gasteiger partial charge in [0.2, 0.25) is 15.9 Å². The Balaban J connectivity index is 2.89. The molecule has 0 aliphatic carbocycles. The van der Waals surface area contributed by atoms with E-state index in [1.807, 2.05) is 0 Å². The van der Waals surface area contributed by atoms with Crippen LogP contribution in [0, 0.1) is 10.1 Å². The zero-order valence-electron chi connectivity index (χ0n) is 18.7. The minimum Gasteiger partial charge on any atom is -0.466 e. The summed E-state index contributed by atoms with van der Waals surface area (Å²) in [5.74, 6) is -1.51. The van der Waals surface area contributed by atoms with Crippen molar-refractivity contribution in [2.75, 3.05) is 13.2 Å². The zero-order valence-corrected chi connectivity index (χ0v) is 19.6. The van der Waals surface area contributed by atoms with Crippen molar-refractivity contribution in [3.05, 3.63) is 34.4 Å². The summed E-state index contributed by atoms with van der Waals surface area (Å²) in [6.45, 7) is 6.46. The number of esters is 1. The smallest absolute Gasteiger partial charge is 0.407 e. The van der Waals surface area contributed by atoms with Crippen molar-refractivity contribution < 1.29 is 37.2 Å². The second-order valence-electron chi connectivity index (χ2n) is 7.65. The Morgan fingerprint density at radius 2 is 1.82 bits per heavy atom. The molecule has 1 aromatic carbocycles. The number of nitro groups is 1. The number of hydrogen-bond donors (Lipinski definition) is 3. The largest absolute Gasteiger partial charge is 0.466 e. The Labute approximate surface area is 191 Å². The summed E-state index contributed by atoms with van der Waals surface area (Å²) in [5.41, 5.74) is -1.40. The molecule has 0 radical (unpaired) electrons. The minimum atomic E-state index is -4.50. The summed E-state index contributed by atoms with van der Waals surface area (Å²) in [4.78, 5) is 45.5. The lowest BCUT2D eigenvalue weighted by Gasteiger charge is -2.21. The van der Waals surface area contributed by atoms with Gasteiger partial charge in [0.15, 0.2) is 4.90 Å². The molecule has 1 unspecified atom stereocenters. The summed E-state index contributed by atoms with van der Waals surface area (Å²) in [6.07, 6.45) is -3.02. The van der Waals surface area contributed by atoms with Gasteiger partial charge in [-0.15, -0.1) is 0 Å². The number of sulfonamides is 1. The van der Waals surface area contributed by atoms with E-state index in [2.05, 4.69) is 15.4 Å². The first-order valence-corrected chi connectivity index (χ1v) is 11.4. The van der Waals surface area contributed by atoms with E-state index in [9.17, 15) is 32.9 Å². The van der Waals surface area contributed by atoms with Crippen LogP contribution in [0.4, 0.5) is 10.5 Å². The molecule has 33 heavy (non-hydrogen) atoms. The SMILES string of the molecule is CCOC(=O)CC(NC(=O)CCNC(=O)OC(C)(C)C)NS(=O)(=O)c1ccccc1[N+](=O)[O-]. The van der Waals surface area contributed by atoms with Crippen LogP contribution in [0.2, 0.25) is 0 Å². The fourth-order valence-electron chi connectivity index (χ4n) is 2.45. The molecule has 3 N–H and O–H groups in total. The molecule has 1 rings (SSSR count). The summed E-state index contributed by atoms with van der Waals surface area (Å²) in [6, 6.07) is 4.62. The second kappa shape index (κ2) is 12.1. The average Bonchev–Trinajstić information content (AvgIpc) is 2.66. The number of carbonyl (C=O) groups excluding carboxylic acids is 3. The normalized spacial score (nSPS) is 12.4. The van der Waals surface area contributed by atoms with Gasteiger partial charge in [0.25, 0.3) is 5.69 Å².